The van der Waals surface area contributed by atoms with E-state index in [1.165, 1.54) is 0 Å². The lowest BCUT2D eigenvalue weighted by atomic mass is 9.96. The molecule has 0 amide bonds. The van der Waals surface area contributed by atoms with Gasteiger partial charge in [0.15, 0.2) is 0 Å². The second-order valence-corrected chi connectivity index (χ2v) is 5.29. The molecule has 1 saturated heterocycles. The zero-order chi connectivity index (χ0) is 14.4. The van der Waals surface area contributed by atoms with Crippen LogP contribution in [0.25, 0.3) is 0 Å². The number of methoxy groups -OCH3 is 1. The molecule has 0 saturated carbocycles. The van der Waals surface area contributed by atoms with E-state index in [1.807, 2.05) is 37.3 Å². The zero-order valence-electron chi connectivity index (χ0n) is 12.2. The molecule has 1 heterocycles. The third-order valence-electron chi connectivity index (χ3n) is 3.86. The Morgan fingerprint density at radius 3 is 2.75 bits per heavy atom. The molecule has 110 valence electrons. The first kappa shape index (κ1) is 15.0. The molecule has 0 bridgehead atoms. The number of benzene rings is 1. The number of esters is 1. The molecule has 1 N–H and O–H groups in total. The Morgan fingerprint density at radius 2 is 2.15 bits per heavy atom. The maximum absolute atomic E-state index is 12.1. The van der Waals surface area contributed by atoms with Gasteiger partial charge < -0.3 is 14.8 Å². The Hall–Kier alpha value is -1.39. The third-order valence-corrected chi connectivity index (χ3v) is 3.86. The molecule has 1 aliphatic heterocycles. The van der Waals surface area contributed by atoms with Gasteiger partial charge in [-0.05, 0) is 31.9 Å². The zero-order valence-corrected chi connectivity index (χ0v) is 12.2. The quantitative estimate of drug-likeness (QED) is 0.809. The van der Waals surface area contributed by atoms with Crippen LogP contribution in [0.15, 0.2) is 30.3 Å². The largest absolute Gasteiger partial charge is 0.461 e. The summed E-state index contributed by atoms with van der Waals surface area (Å²) in [5, 5.41) is 3.38. The van der Waals surface area contributed by atoms with Gasteiger partial charge in [-0.3, -0.25) is 4.79 Å². The van der Waals surface area contributed by atoms with E-state index >= 15 is 0 Å². The van der Waals surface area contributed by atoms with Crippen molar-refractivity contribution in [3.63, 3.8) is 0 Å². The molecular weight excluding hydrogens is 254 g/mol. The second-order valence-electron chi connectivity index (χ2n) is 5.29. The van der Waals surface area contributed by atoms with E-state index < -0.39 is 0 Å². The Labute approximate surface area is 120 Å². The normalized spacial score (nSPS) is 21.4. The van der Waals surface area contributed by atoms with E-state index in [9.17, 15) is 4.79 Å². The van der Waals surface area contributed by atoms with Gasteiger partial charge in [-0.15, -0.1) is 0 Å². The van der Waals surface area contributed by atoms with Gasteiger partial charge in [0.2, 0.25) is 0 Å². The van der Waals surface area contributed by atoms with Crippen molar-refractivity contribution in [2.45, 2.75) is 38.5 Å². The van der Waals surface area contributed by atoms with Crippen LogP contribution in [0, 0.1) is 5.92 Å². The van der Waals surface area contributed by atoms with Gasteiger partial charge in [0.05, 0.1) is 12.0 Å². The summed E-state index contributed by atoms with van der Waals surface area (Å²) in [7, 11) is 1.66. The number of ether oxygens (including phenoxy) is 2. The summed E-state index contributed by atoms with van der Waals surface area (Å²) in [4.78, 5) is 12.1. The number of carbonyl (C=O) groups is 1. The summed E-state index contributed by atoms with van der Waals surface area (Å²) in [6, 6.07) is 9.97. The highest BCUT2D eigenvalue weighted by molar-refractivity contribution is 5.72. The van der Waals surface area contributed by atoms with Crippen LogP contribution in [0.3, 0.4) is 0 Å². The first-order chi connectivity index (χ1) is 9.72. The Morgan fingerprint density at radius 1 is 1.40 bits per heavy atom. The van der Waals surface area contributed by atoms with Crippen LogP contribution in [0.5, 0.6) is 0 Å². The lowest BCUT2D eigenvalue weighted by molar-refractivity contribution is -0.154. The molecule has 20 heavy (non-hydrogen) atoms. The van der Waals surface area contributed by atoms with E-state index in [-0.39, 0.29) is 24.0 Å². The van der Waals surface area contributed by atoms with Crippen molar-refractivity contribution in [2.75, 3.05) is 13.7 Å². The monoisotopic (exact) mass is 277 g/mol. The van der Waals surface area contributed by atoms with Gasteiger partial charge in [-0.25, -0.2) is 0 Å². The maximum Gasteiger partial charge on any atom is 0.311 e. The van der Waals surface area contributed by atoms with Gasteiger partial charge in [0.1, 0.15) is 6.61 Å². The average molecular weight is 277 g/mol. The first-order valence-corrected chi connectivity index (χ1v) is 7.19. The topological polar surface area (TPSA) is 47.6 Å². The van der Waals surface area contributed by atoms with Crippen LogP contribution in [-0.4, -0.2) is 31.8 Å². The highest BCUT2D eigenvalue weighted by Gasteiger charge is 2.33. The standard InChI is InChI=1S/C16H23NO3/c1-12(15(19-2)14-9-6-10-17-14)16(18)20-11-13-7-4-3-5-8-13/h3-5,7-8,12,14-15,17H,6,9-11H2,1-2H3/t12-,14?,15-/m1/s1. The van der Waals surface area contributed by atoms with Crippen LogP contribution >= 0.6 is 0 Å². The number of carbonyl (C=O) groups excluding carboxylic acids is 1. The van der Waals surface area contributed by atoms with Crippen LogP contribution in [0.2, 0.25) is 0 Å². The van der Waals surface area contributed by atoms with Gasteiger partial charge in [-0.2, -0.15) is 0 Å². The van der Waals surface area contributed by atoms with Crippen molar-refractivity contribution in [2.24, 2.45) is 5.92 Å². The molecule has 1 unspecified atom stereocenters. The summed E-state index contributed by atoms with van der Waals surface area (Å²) in [6.07, 6.45) is 2.06. The van der Waals surface area contributed by atoms with Crippen LogP contribution in [0.1, 0.15) is 25.3 Å². The average Bonchev–Trinajstić information content (AvgIpc) is 3.00. The Bertz CT molecular complexity index is 415. The van der Waals surface area contributed by atoms with Crippen LogP contribution in [-0.2, 0) is 20.9 Å². The van der Waals surface area contributed by atoms with Crippen LogP contribution in [0.4, 0.5) is 0 Å². The van der Waals surface area contributed by atoms with Crippen molar-refractivity contribution >= 4 is 5.97 Å². The van der Waals surface area contributed by atoms with Crippen molar-refractivity contribution < 1.29 is 14.3 Å². The molecule has 0 radical (unpaired) electrons. The van der Waals surface area contributed by atoms with Crippen molar-refractivity contribution in [3.05, 3.63) is 35.9 Å². The fraction of sp³-hybridized carbons (Fsp3) is 0.562. The minimum Gasteiger partial charge on any atom is -0.461 e. The molecule has 0 aromatic heterocycles. The molecule has 0 aliphatic carbocycles. The summed E-state index contributed by atoms with van der Waals surface area (Å²) in [6.45, 7) is 3.19. The van der Waals surface area contributed by atoms with E-state index in [1.54, 1.807) is 7.11 Å². The SMILES string of the molecule is CO[C@@H](C1CCCN1)[C@@H](C)C(=O)OCc1ccccc1. The summed E-state index contributed by atoms with van der Waals surface area (Å²) < 4.78 is 10.9. The molecule has 0 spiro atoms. The fourth-order valence-electron chi connectivity index (χ4n) is 2.70. The predicted molar refractivity (Wildman–Crippen MR) is 77.2 cm³/mol. The lowest BCUT2D eigenvalue weighted by Gasteiger charge is -2.26. The fourth-order valence-corrected chi connectivity index (χ4v) is 2.70. The molecule has 1 aromatic carbocycles. The minimum atomic E-state index is -0.265. The van der Waals surface area contributed by atoms with Gasteiger partial charge in [0.25, 0.3) is 0 Å². The minimum absolute atomic E-state index is 0.124. The molecule has 1 aliphatic rings. The second kappa shape index (κ2) is 7.41. The van der Waals surface area contributed by atoms with E-state index in [0.29, 0.717) is 6.61 Å². The number of nitrogens with one attached hydrogen (secondary N) is 1. The summed E-state index contributed by atoms with van der Waals surface area (Å²) in [5.41, 5.74) is 1.00. The number of rotatable bonds is 6. The Kier molecular flexibility index (Phi) is 5.56. The van der Waals surface area contributed by atoms with Crippen molar-refractivity contribution in [3.8, 4) is 0 Å². The molecule has 2 rings (SSSR count). The van der Waals surface area contributed by atoms with E-state index in [4.69, 9.17) is 9.47 Å². The van der Waals surface area contributed by atoms with Crippen molar-refractivity contribution in [1.29, 1.82) is 0 Å². The highest BCUT2D eigenvalue weighted by Crippen LogP contribution is 2.20. The Balaban J connectivity index is 1.86. The smallest absolute Gasteiger partial charge is 0.311 e. The van der Waals surface area contributed by atoms with Crippen molar-refractivity contribution in [1.82, 2.24) is 5.32 Å². The van der Waals surface area contributed by atoms with Crippen LogP contribution < -0.4 is 5.32 Å². The molecule has 3 atom stereocenters. The van der Waals surface area contributed by atoms with E-state index in [0.717, 1.165) is 24.9 Å². The summed E-state index contributed by atoms with van der Waals surface area (Å²) >= 11 is 0. The first-order valence-electron chi connectivity index (χ1n) is 7.19. The highest BCUT2D eigenvalue weighted by atomic mass is 16.5. The maximum atomic E-state index is 12.1. The lowest BCUT2D eigenvalue weighted by Crippen LogP contribution is -2.43. The number of hydrogen-bond acceptors (Lipinski definition) is 4. The number of hydrogen-bond donors (Lipinski definition) is 1. The van der Waals surface area contributed by atoms with Gasteiger partial charge >= 0.3 is 5.97 Å². The third kappa shape index (κ3) is 3.81. The molecule has 4 nitrogen and oxygen atoms in total. The van der Waals surface area contributed by atoms with Gasteiger partial charge in [-0.1, -0.05) is 30.3 Å². The molecule has 1 aromatic rings. The molecule has 4 heteroatoms. The van der Waals surface area contributed by atoms with Gasteiger partial charge in [0, 0.05) is 13.2 Å². The molecular formula is C16H23NO3. The predicted octanol–water partition coefficient (Wildman–Crippen LogP) is 2.13. The van der Waals surface area contributed by atoms with E-state index in [2.05, 4.69) is 5.32 Å². The summed E-state index contributed by atoms with van der Waals surface area (Å²) in [5.74, 6) is -0.464. The molecule has 1 fully saturated rings.